The molecule has 0 saturated heterocycles. The monoisotopic (exact) mass is 417 g/mol. The Morgan fingerprint density at radius 2 is 1.96 bits per heavy atom. The summed E-state index contributed by atoms with van der Waals surface area (Å²) in [6.07, 6.45) is 1.76. The highest BCUT2D eigenvalue weighted by atomic mass is 35.5. The summed E-state index contributed by atoms with van der Waals surface area (Å²) >= 11 is 13.7. The minimum atomic E-state index is -0.368. The number of carbonyl (C=O) groups excluding carboxylic acids is 1. The Morgan fingerprint density at radius 1 is 1.22 bits per heavy atom. The van der Waals surface area contributed by atoms with Gasteiger partial charge in [0.1, 0.15) is 5.78 Å². The standard InChI is InChI=1S/C20H17Cl2N3OS/c1-3-11-25-19(16-10-9-15(21)12-17(16)22)23-24-20(25)27-18(13(2)26)14-7-5-4-6-8-14/h3-10,12,18H,1,11H2,2H3/t18-/m0/s1. The lowest BCUT2D eigenvalue weighted by Gasteiger charge is -2.14. The number of thioether (sulfide) groups is 1. The van der Waals surface area contributed by atoms with Gasteiger partial charge in [-0.1, -0.05) is 71.4 Å². The van der Waals surface area contributed by atoms with Crippen LogP contribution in [0.4, 0.5) is 0 Å². The van der Waals surface area contributed by atoms with Gasteiger partial charge in [-0.2, -0.15) is 0 Å². The summed E-state index contributed by atoms with van der Waals surface area (Å²) in [6, 6.07) is 14.9. The van der Waals surface area contributed by atoms with Gasteiger partial charge in [0.2, 0.25) is 0 Å². The normalized spacial score (nSPS) is 12.0. The van der Waals surface area contributed by atoms with E-state index in [0.717, 1.165) is 11.1 Å². The number of halogens is 2. The third kappa shape index (κ3) is 4.43. The lowest BCUT2D eigenvalue weighted by Crippen LogP contribution is -2.08. The summed E-state index contributed by atoms with van der Waals surface area (Å²) in [6.45, 7) is 5.88. The number of carbonyl (C=O) groups is 1. The first kappa shape index (κ1) is 19.7. The number of benzene rings is 2. The molecular weight excluding hydrogens is 401 g/mol. The highest BCUT2D eigenvalue weighted by Gasteiger charge is 2.23. The molecule has 0 amide bonds. The number of rotatable bonds is 7. The molecule has 0 spiro atoms. The molecule has 0 aliphatic heterocycles. The van der Waals surface area contributed by atoms with E-state index in [4.69, 9.17) is 23.2 Å². The van der Waals surface area contributed by atoms with E-state index in [1.807, 2.05) is 41.0 Å². The summed E-state index contributed by atoms with van der Waals surface area (Å²) < 4.78 is 1.89. The van der Waals surface area contributed by atoms with Crippen molar-refractivity contribution >= 4 is 40.7 Å². The Labute approximate surface area is 172 Å². The maximum atomic E-state index is 12.3. The molecule has 0 aliphatic carbocycles. The number of allylic oxidation sites excluding steroid dienone is 1. The SMILES string of the molecule is C=CCn1c(S[C@@H](C(C)=O)c2ccccc2)nnc1-c1ccc(Cl)cc1Cl. The average Bonchev–Trinajstić information content (AvgIpc) is 3.03. The second-order valence-corrected chi connectivity index (χ2v) is 7.76. The third-order valence-corrected chi connectivity index (χ3v) is 5.80. The quantitative estimate of drug-likeness (QED) is 0.356. The van der Waals surface area contributed by atoms with Gasteiger partial charge in [0, 0.05) is 17.1 Å². The Balaban J connectivity index is 2.02. The summed E-state index contributed by atoms with van der Waals surface area (Å²) in [5.41, 5.74) is 1.65. The molecule has 0 N–H and O–H groups in total. The van der Waals surface area contributed by atoms with Crippen molar-refractivity contribution in [3.8, 4) is 11.4 Å². The highest BCUT2D eigenvalue weighted by Crippen LogP contribution is 2.37. The summed E-state index contributed by atoms with van der Waals surface area (Å²) in [5, 5.41) is 9.91. The predicted molar refractivity (Wildman–Crippen MR) is 111 cm³/mol. The number of hydrogen-bond donors (Lipinski definition) is 0. The summed E-state index contributed by atoms with van der Waals surface area (Å²) in [5.74, 6) is 0.653. The van der Waals surface area contributed by atoms with Crippen molar-refractivity contribution in [3.63, 3.8) is 0 Å². The van der Waals surface area contributed by atoms with E-state index in [1.165, 1.54) is 11.8 Å². The molecule has 0 radical (unpaired) electrons. The van der Waals surface area contributed by atoms with E-state index < -0.39 is 0 Å². The number of nitrogens with zero attached hydrogens (tertiary/aromatic N) is 3. The van der Waals surface area contributed by atoms with E-state index in [2.05, 4.69) is 16.8 Å². The maximum absolute atomic E-state index is 12.3. The van der Waals surface area contributed by atoms with Crippen molar-refractivity contribution in [2.75, 3.05) is 0 Å². The van der Waals surface area contributed by atoms with Crippen LogP contribution in [0.1, 0.15) is 17.7 Å². The highest BCUT2D eigenvalue weighted by molar-refractivity contribution is 8.00. The fraction of sp³-hybridized carbons (Fsp3) is 0.150. The topological polar surface area (TPSA) is 47.8 Å². The minimum Gasteiger partial charge on any atom is -0.298 e. The minimum absolute atomic E-state index is 0.0467. The van der Waals surface area contributed by atoms with Crippen LogP contribution < -0.4 is 0 Å². The van der Waals surface area contributed by atoms with Crippen molar-refractivity contribution in [3.05, 3.63) is 76.8 Å². The van der Waals surface area contributed by atoms with E-state index in [0.29, 0.717) is 27.6 Å². The van der Waals surface area contributed by atoms with Gasteiger partial charge in [-0.05, 0) is 30.7 Å². The molecule has 138 valence electrons. The summed E-state index contributed by atoms with van der Waals surface area (Å²) in [7, 11) is 0. The zero-order valence-electron chi connectivity index (χ0n) is 14.6. The molecule has 0 bridgehead atoms. The molecule has 1 aromatic heterocycles. The van der Waals surface area contributed by atoms with Gasteiger partial charge in [-0.25, -0.2) is 0 Å². The summed E-state index contributed by atoms with van der Waals surface area (Å²) in [4.78, 5) is 12.3. The lowest BCUT2D eigenvalue weighted by molar-refractivity contribution is -0.116. The Hall–Kier alpha value is -2.08. The van der Waals surface area contributed by atoms with Gasteiger partial charge in [-0.3, -0.25) is 9.36 Å². The smallest absolute Gasteiger partial charge is 0.192 e. The van der Waals surface area contributed by atoms with Crippen LogP contribution in [0.5, 0.6) is 0 Å². The maximum Gasteiger partial charge on any atom is 0.192 e. The predicted octanol–water partition coefficient (Wildman–Crippen LogP) is 5.86. The average molecular weight is 418 g/mol. The molecule has 4 nitrogen and oxygen atoms in total. The second-order valence-electron chi connectivity index (χ2n) is 5.85. The molecule has 0 aliphatic rings. The van der Waals surface area contributed by atoms with Gasteiger partial charge in [0.15, 0.2) is 11.0 Å². The van der Waals surface area contributed by atoms with Crippen molar-refractivity contribution in [1.82, 2.24) is 14.8 Å². The van der Waals surface area contributed by atoms with Gasteiger partial charge in [0.05, 0.1) is 10.3 Å². The van der Waals surface area contributed by atoms with Gasteiger partial charge < -0.3 is 0 Å². The zero-order valence-corrected chi connectivity index (χ0v) is 16.9. The van der Waals surface area contributed by atoms with E-state index >= 15 is 0 Å². The van der Waals surface area contributed by atoms with Crippen LogP contribution in [0.15, 0.2) is 66.3 Å². The van der Waals surface area contributed by atoms with Crippen LogP contribution in [-0.2, 0) is 11.3 Å². The van der Waals surface area contributed by atoms with Crippen LogP contribution in [0.3, 0.4) is 0 Å². The fourth-order valence-corrected chi connectivity index (χ4v) is 4.20. The lowest BCUT2D eigenvalue weighted by atomic mass is 10.1. The first-order valence-electron chi connectivity index (χ1n) is 8.23. The Morgan fingerprint density at radius 3 is 2.59 bits per heavy atom. The first-order valence-corrected chi connectivity index (χ1v) is 9.86. The second kappa shape index (κ2) is 8.74. The largest absolute Gasteiger partial charge is 0.298 e. The van der Waals surface area contributed by atoms with E-state index in [1.54, 1.807) is 25.1 Å². The van der Waals surface area contributed by atoms with Crippen molar-refractivity contribution < 1.29 is 4.79 Å². The van der Waals surface area contributed by atoms with Gasteiger partial charge in [-0.15, -0.1) is 16.8 Å². The fourth-order valence-electron chi connectivity index (χ4n) is 2.66. The first-order chi connectivity index (χ1) is 13.0. The zero-order chi connectivity index (χ0) is 19.4. The number of ketones is 1. The molecule has 1 heterocycles. The van der Waals surface area contributed by atoms with Gasteiger partial charge >= 0.3 is 0 Å². The van der Waals surface area contributed by atoms with Crippen molar-refractivity contribution in [2.45, 2.75) is 23.9 Å². The van der Waals surface area contributed by atoms with Crippen LogP contribution in [0.25, 0.3) is 11.4 Å². The molecule has 3 rings (SSSR count). The Kier molecular flexibility index (Phi) is 6.37. The van der Waals surface area contributed by atoms with Crippen molar-refractivity contribution in [2.24, 2.45) is 0 Å². The third-order valence-electron chi connectivity index (χ3n) is 3.90. The van der Waals surface area contributed by atoms with E-state index in [-0.39, 0.29) is 11.0 Å². The number of hydrogen-bond acceptors (Lipinski definition) is 4. The number of Topliss-reactive ketones (excluding diaryl/α,β-unsaturated/α-hetero) is 1. The Bertz CT molecular complexity index is 973. The molecule has 0 saturated carbocycles. The number of aromatic nitrogens is 3. The van der Waals surface area contributed by atoms with Crippen LogP contribution in [-0.4, -0.2) is 20.5 Å². The van der Waals surface area contributed by atoms with Crippen LogP contribution in [0, 0.1) is 0 Å². The van der Waals surface area contributed by atoms with Crippen molar-refractivity contribution in [1.29, 1.82) is 0 Å². The van der Waals surface area contributed by atoms with Crippen LogP contribution >= 0.6 is 35.0 Å². The van der Waals surface area contributed by atoms with Gasteiger partial charge in [0.25, 0.3) is 0 Å². The molecule has 7 heteroatoms. The molecule has 27 heavy (non-hydrogen) atoms. The molecule has 3 aromatic rings. The van der Waals surface area contributed by atoms with Crippen LogP contribution in [0.2, 0.25) is 10.0 Å². The molecule has 1 atom stereocenters. The molecule has 0 fully saturated rings. The molecule has 2 aromatic carbocycles. The van der Waals surface area contributed by atoms with E-state index in [9.17, 15) is 4.79 Å². The molecule has 0 unspecified atom stereocenters. The molecular formula is C20H17Cl2N3OS.